The fourth-order valence-electron chi connectivity index (χ4n) is 3.67. The molecule has 1 fully saturated rings. The lowest BCUT2D eigenvalue weighted by atomic mass is 10.2. The highest BCUT2D eigenvalue weighted by molar-refractivity contribution is 7.22. The van der Waals surface area contributed by atoms with Gasteiger partial charge in [0.15, 0.2) is 10.8 Å². The van der Waals surface area contributed by atoms with Gasteiger partial charge >= 0.3 is 0 Å². The molecule has 1 N–H and O–H groups in total. The zero-order valence-electron chi connectivity index (χ0n) is 18.4. The molecule has 0 aliphatic carbocycles. The molecule has 0 radical (unpaired) electrons. The van der Waals surface area contributed by atoms with Crippen LogP contribution in [0.5, 0.6) is 5.75 Å². The molecule has 1 aliphatic heterocycles. The lowest BCUT2D eigenvalue weighted by molar-refractivity contribution is 0.0322. The maximum atomic E-state index is 12.7. The Morgan fingerprint density at radius 2 is 1.97 bits per heavy atom. The summed E-state index contributed by atoms with van der Waals surface area (Å²) in [5, 5.41) is 8.45. The quantitative estimate of drug-likeness (QED) is 0.393. The highest BCUT2D eigenvalue weighted by Gasteiger charge is 2.14. The maximum absolute atomic E-state index is 12.7. The van der Waals surface area contributed by atoms with Crippen LogP contribution in [-0.2, 0) is 11.3 Å². The molecule has 0 saturated carbocycles. The van der Waals surface area contributed by atoms with Crippen LogP contribution in [0.2, 0.25) is 5.02 Å². The number of fused-ring (bicyclic) bond motifs is 1. The Kier molecular flexibility index (Phi) is 7.05. The van der Waals surface area contributed by atoms with Crippen molar-refractivity contribution in [2.45, 2.75) is 6.54 Å². The van der Waals surface area contributed by atoms with E-state index in [1.807, 2.05) is 42.5 Å². The lowest BCUT2D eigenvalue weighted by Gasteiger charge is -2.26. The number of carbonyl (C=O) groups is 1. The van der Waals surface area contributed by atoms with Crippen molar-refractivity contribution >= 4 is 44.2 Å². The maximum Gasteiger partial charge on any atom is 0.277 e. The third kappa shape index (κ3) is 5.74. The summed E-state index contributed by atoms with van der Waals surface area (Å²) < 4.78 is 14.0. The zero-order valence-corrected chi connectivity index (χ0v) is 20.0. The van der Waals surface area contributed by atoms with Crippen LogP contribution in [0.3, 0.4) is 0 Å². The van der Waals surface area contributed by atoms with Crippen LogP contribution in [0.1, 0.15) is 16.1 Å². The van der Waals surface area contributed by atoms with Gasteiger partial charge in [0.1, 0.15) is 12.4 Å². The van der Waals surface area contributed by atoms with Gasteiger partial charge in [0.2, 0.25) is 0 Å². The number of hydrogen-bond donors (Lipinski definition) is 1. The molecule has 1 aliphatic rings. The number of ether oxygens (including phenoxy) is 2. The number of anilines is 1. The van der Waals surface area contributed by atoms with E-state index in [1.165, 1.54) is 11.3 Å². The Bertz CT molecular complexity index is 1270. The van der Waals surface area contributed by atoms with Crippen LogP contribution in [-0.4, -0.2) is 65.0 Å². The van der Waals surface area contributed by atoms with Crippen molar-refractivity contribution in [3.05, 3.63) is 71.0 Å². The van der Waals surface area contributed by atoms with Gasteiger partial charge in [0.25, 0.3) is 5.91 Å². The standard InChI is InChI=1S/C24H24ClN5O3S/c25-18-3-1-17(2-4-18)16-30-8-7-21(28-30)23(31)27-24-26-20-6-5-19(15-22(20)34-24)33-14-11-29-9-12-32-13-10-29/h1-8,15H,9-14,16H2,(H,26,27,31). The average Bonchev–Trinajstić information content (AvgIpc) is 3.47. The summed E-state index contributed by atoms with van der Waals surface area (Å²) in [6, 6.07) is 15.0. The van der Waals surface area contributed by atoms with Crippen LogP contribution >= 0.6 is 22.9 Å². The van der Waals surface area contributed by atoms with Gasteiger partial charge in [-0.15, -0.1) is 0 Å². The number of nitrogens with one attached hydrogen (secondary N) is 1. The predicted octanol–water partition coefficient (Wildman–Crippen LogP) is 4.16. The van der Waals surface area contributed by atoms with Crippen LogP contribution in [0, 0.1) is 0 Å². The molecule has 0 spiro atoms. The molecule has 0 atom stereocenters. The number of amides is 1. The van der Waals surface area contributed by atoms with Gasteiger partial charge in [0, 0.05) is 30.9 Å². The number of rotatable bonds is 8. The van der Waals surface area contributed by atoms with Gasteiger partial charge in [0.05, 0.1) is 30.0 Å². The number of halogens is 1. The second-order valence-corrected chi connectivity index (χ2v) is 9.40. The summed E-state index contributed by atoms with van der Waals surface area (Å²) in [6.45, 7) is 5.50. The molecule has 10 heteroatoms. The van der Waals surface area contributed by atoms with Crippen molar-refractivity contribution in [1.29, 1.82) is 0 Å². The van der Waals surface area contributed by atoms with E-state index in [2.05, 4.69) is 20.3 Å². The minimum atomic E-state index is -0.295. The second kappa shape index (κ2) is 10.5. The van der Waals surface area contributed by atoms with E-state index < -0.39 is 0 Å². The van der Waals surface area contributed by atoms with E-state index >= 15 is 0 Å². The van der Waals surface area contributed by atoms with E-state index in [9.17, 15) is 4.79 Å². The summed E-state index contributed by atoms with van der Waals surface area (Å²) in [7, 11) is 0. The second-order valence-electron chi connectivity index (χ2n) is 7.93. The summed E-state index contributed by atoms with van der Waals surface area (Å²) in [5.41, 5.74) is 2.20. The zero-order chi connectivity index (χ0) is 23.3. The number of carbonyl (C=O) groups excluding carboxylic acids is 1. The molecule has 34 heavy (non-hydrogen) atoms. The third-order valence-corrected chi connectivity index (χ3v) is 6.68. The largest absolute Gasteiger partial charge is 0.492 e. The van der Waals surface area contributed by atoms with E-state index in [0.717, 1.165) is 54.4 Å². The molecule has 4 aromatic rings. The number of hydrogen-bond acceptors (Lipinski definition) is 7. The molecule has 3 heterocycles. The van der Waals surface area contributed by atoms with Crippen LogP contribution < -0.4 is 10.1 Å². The van der Waals surface area contributed by atoms with Gasteiger partial charge in [-0.3, -0.25) is 19.7 Å². The Morgan fingerprint density at radius 3 is 2.79 bits per heavy atom. The number of nitrogens with zero attached hydrogens (tertiary/aromatic N) is 4. The number of thiazole rings is 1. The van der Waals surface area contributed by atoms with Crippen molar-refractivity contribution in [1.82, 2.24) is 19.7 Å². The van der Waals surface area contributed by atoms with Crippen molar-refractivity contribution in [3.8, 4) is 5.75 Å². The predicted molar refractivity (Wildman–Crippen MR) is 133 cm³/mol. The average molecular weight is 498 g/mol. The number of aromatic nitrogens is 3. The molecule has 176 valence electrons. The van der Waals surface area contributed by atoms with Crippen molar-refractivity contribution < 1.29 is 14.3 Å². The molecule has 1 amide bonds. The minimum absolute atomic E-state index is 0.295. The Labute approximate surface area is 206 Å². The molecule has 2 aromatic heterocycles. The minimum Gasteiger partial charge on any atom is -0.492 e. The lowest BCUT2D eigenvalue weighted by Crippen LogP contribution is -2.38. The molecule has 2 aromatic carbocycles. The van der Waals surface area contributed by atoms with E-state index in [1.54, 1.807) is 16.9 Å². The first-order valence-corrected chi connectivity index (χ1v) is 12.2. The van der Waals surface area contributed by atoms with Gasteiger partial charge in [-0.05, 0) is 42.0 Å². The SMILES string of the molecule is O=C(Nc1nc2ccc(OCCN3CCOCC3)cc2s1)c1ccn(Cc2ccc(Cl)cc2)n1. The molecule has 8 nitrogen and oxygen atoms in total. The first-order valence-electron chi connectivity index (χ1n) is 11.1. The molecular weight excluding hydrogens is 474 g/mol. The van der Waals surface area contributed by atoms with Gasteiger partial charge in [-0.2, -0.15) is 5.10 Å². The van der Waals surface area contributed by atoms with Crippen molar-refractivity contribution in [3.63, 3.8) is 0 Å². The first kappa shape index (κ1) is 22.8. The first-order chi connectivity index (χ1) is 16.6. The fraction of sp³-hybridized carbons (Fsp3) is 0.292. The molecule has 5 rings (SSSR count). The van der Waals surface area contributed by atoms with Crippen LogP contribution in [0.4, 0.5) is 5.13 Å². The van der Waals surface area contributed by atoms with Crippen molar-refractivity contribution in [2.24, 2.45) is 0 Å². The summed E-state index contributed by atoms with van der Waals surface area (Å²) in [4.78, 5) is 19.5. The van der Waals surface area contributed by atoms with Gasteiger partial charge in [-0.25, -0.2) is 4.98 Å². The molecule has 0 unspecified atom stereocenters. The Balaban J connectivity index is 1.18. The number of morpholine rings is 1. The summed E-state index contributed by atoms with van der Waals surface area (Å²) in [6.07, 6.45) is 1.78. The number of benzene rings is 2. The molecule has 1 saturated heterocycles. The highest BCUT2D eigenvalue weighted by atomic mass is 35.5. The van der Waals surface area contributed by atoms with Crippen LogP contribution in [0.25, 0.3) is 10.2 Å². The summed E-state index contributed by atoms with van der Waals surface area (Å²) >= 11 is 7.34. The van der Waals surface area contributed by atoms with E-state index in [-0.39, 0.29) is 5.91 Å². The summed E-state index contributed by atoms with van der Waals surface area (Å²) in [5.74, 6) is 0.499. The van der Waals surface area contributed by atoms with E-state index in [0.29, 0.717) is 29.0 Å². The molecule has 0 bridgehead atoms. The normalized spacial score (nSPS) is 14.4. The molecular formula is C24H24ClN5O3S. The van der Waals surface area contributed by atoms with Crippen LogP contribution in [0.15, 0.2) is 54.7 Å². The van der Waals surface area contributed by atoms with Gasteiger partial charge < -0.3 is 9.47 Å². The smallest absolute Gasteiger partial charge is 0.277 e. The highest BCUT2D eigenvalue weighted by Crippen LogP contribution is 2.29. The Hall–Kier alpha value is -2.98. The Morgan fingerprint density at radius 1 is 1.15 bits per heavy atom. The van der Waals surface area contributed by atoms with Crippen molar-refractivity contribution in [2.75, 3.05) is 44.8 Å². The third-order valence-electron chi connectivity index (χ3n) is 5.49. The van der Waals surface area contributed by atoms with E-state index in [4.69, 9.17) is 21.1 Å². The van der Waals surface area contributed by atoms with Gasteiger partial charge in [-0.1, -0.05) is 35.1 Å². The monoisotopic (exact) mass is 497 g/mol. The topological polar surface area (TPSA) is 81.5 Å². The fourth-order valence-corrected chi connectivity index (χ4v) is 4.69.